The molecular weight excluding hydrogens is 360 g/mol. The number of epoxide rings is 1. The number of hydrogen-bond acceptors (Lipinski definition) is 6. The standard InChI is InChI=1S/C22H34O6/c1-3-20(27-17-25-14-13-24-2)19(23)11-7-8-12-21-22(28-21)16-26-15-18-9-5-4-6-10-18/h4-10,19-23H,3,11-17H2,1-2H3/b8-7-/t19-,20-,21-,22+/m0/s1. The van der Waals surface area contributed by atoms with Gasteiger partial charge in [-0.25, -0.2) is 0 Å². The van der Waals surface area contributed by atoms with Crippen molar-refractivity contribution >= 4 is 0 Å². The number of aliphatic hydroxyl groups is 1. The molecule has 28 heavy (non-hydrogen) atoms. The molecule has 6 nitrogen and oxygen atoms in total. The third-order valence-corrected chi connectivity index (χ3v) is 4.62. The first kappa shape index (κ1) is 23.0. The summed E-state index contributed by atoms with van der Waals surface area (Å²) in [6, 6.07) is 10.1. The molecule has 1 fully saturated rings. The van der Waals surface area contributed by atoms with Gasteiger partial charge >= 0.3 is 0 Å². The van der Waals surface area contributed by atoms with Crippen LogP contribution in [0.2, 0.25) is 0 Å². The molecule has 0 saturated carbocycles. The fraction of sp³-hybridized carbons (Fsp3) is 0.636. The first-order valence-electron chi connectivity index (χ1n) is 10.0. The lowest BCUT2D eigenvalue weighted by atomic mass is 10.1. The highest BCUT2D eigenvalue weighted by atomic mass is 16.7. The van der Waals surface area contributed by atoms with Crippen LogP contribution in [0, 0.1) is 0 Å². The van der Waals surface area contributed by atoms with Gasteiger partial charge in [0.1, 0.15) is 12.9 Å². The fourth-order valence-electron chi connectivity index (χ4n) is 2.86. The first-order chi connectivity index (χ1) is 13.7. The molecule has 1 N–H and O–H groups in total. The van der Waals surface area contributed by atoms with Crippen LogP contribution >= 0.6 is 0 Å². The highest BCUT2D eigenvalue weighted by Gasteiger charge is 2.37. The zero-order valence-electron chi connectivity index (χ0n) is 17.0. The van der Waals surface area contributed by atoms with Crippen LogP contribution in [0.3, 0.4) is 0 Å². The first-order valence-corrected chi connectivity index (χ1v) is 10.0. The minimum absolute atomic E-state index is 0.170. The zero-order chi connectivity index (χ0) is 20.0. The van der Waals surface area contributed by atoms with E-state index in [-0.39, 0.29) is 25.1 Å². The van der Waals surface area contributed by atoms with Crippen LogP contribution in [-0.2, 0) is 30.3 Å². The molecule has 0 aromatic heterocycles. The molecule has 1 saturated heterocycles. The molecule has 0 unspecified atom stereocenters. The highest BCUT2D eigenvalue weighted by Crippen LogP contribution is 2.26. The van der Waals surface area contributed by atoms with Crippen molar-refractivity contribution < 1.29 is 28.8 Å². The van der Waals surface area contributed by atoms with Crippen molar-refractivity contribution in [3.05, 3.63) is 48.0 Å². The summed E-state index contributed by atoms with van der Waals surface area (Å²) in [6.07, 6.45) is 5.79. The number of rotatable bonds is 16. The average Bonchev–Trinajstić information content (AvgIpc) is 3.47. The Labute approximate surface area is 168 Å². The van der Waals surface area contributed by atoms with Crippen molar-refractivity contribution in [2.45, 2.75) is 57.2 Å². The second kappa shape index (κ2) is 13.8. The van der Waals surface area contributed by atoms with Crippen molar-refractivity contribution in [1.82, 2.24) is 0 Å². The van der Waals surface area contributed by atoms with Crippen LogP contribution in [0.4, 0.5) is 0 Å². The van der Waals surface area contributed by atoms with Crippen LogP contribution in [0.5, 0.6) is 0 Å². The molecule has 0 radical (unpaired) electrons. The number of benzene rings is 1. The summed E-state index contributed by atoms with van der Waals surface area (Å²) in [5, 5.41) is 10.3. The normalized spacial score (nSPS) is 21.1. The van der Waals surface area contributed by atoms with Gasteiger partial charge in [0.05, 0.1) is 44.7 Å². The molecule has 0 spiro atoms. The van der Waals surface area contributed by atoms with E-state index in [1.165, 1.54) is 5.56 Å². The van der Waals surface area contributed by atoms with Gasteiger partial charge in [0.15, 0.2) is 0 Å². The SMILES string of the molecule is CC[C@H](OCOCCOC)[C@@H](O)C/C=C\C[C@@H]1O[C@@H]1COCc1ccccc1. The Morgan fingerprint density at radius 3 is 2.68 bits per heavy atom. The lowest BCUT2D eigenvalue weighted by Gasteiger charge is -2.21. The lowest BCUT2D eigenvalue weighted by molar-refractivity contribution is -0.129. The van der Waals surface area contributed by atoms with Gasteiger partial charge in [-0.05, 0) is 24.8 Å². The monoisotopic (exact) mass is 394 g/mol. The van der Waals surface area contributed by atoms with Gasteiger partial charge < -0.3 is 28.8 Å². The Bertz CT molecular complexity index is 535. The molecule has 1 heterocycles. The third kappa shape index (κ3) is 9.28. The van der Waals surface area contributed by atoms with Crippen LogP contribution in [0.25, 0.3) is 0 Å². The van der Waals surface area contributed by atoms with E-state index in [9.17, 15) is 5.11 Å². The summed E-state index contributed by atoms with van der Waals surface area (Å²) >= 11 is 0. The second-order valence-corrected chi connectivity index (χ2v) is 6.86. The summed E-state index contributed by atoms with van der Waals surface area (Å²) < 4.78 is 27.1. The maximum Gasteiger partial charge on any atom is 0.147 e. The summed E-state index contributed by atoms with van der Waals surface area (Å²) in [5.74, 6) is 0. The van der Waals surface area contributed by atoms with E-state index in [2.05, 4.69) is 18.2 Å². The third-order valence-electron chi connectivity index (χ3n) is 4.62. The molecule has 6 heteroatoms. The summed E-state index contributed by atoms with van der Waals surface area (Å²) in [6.45, 7) is 4.41. The van der Waals surface area contributed by atoms with Gasteiger partial charge in [-0.2, -0.15) is 0 Å². The second-order valence-electron chi connectivity index (χ2n) is 6.86. The van der Waals surface area contributed by atoms with E-state index in [4.69, 9.17) is 23.7 Å². The lowest BCUT2D eigenvalue weighted by Crippen LogP contribution is -2.29. The predicted octanol–water partition coefficient (Wildman–Crippen LogP) is 3.08. The van der Waals surface area contributed by atoms with E-state index in [1.807, 2.05) is 31.2 Å². The zero-order valence-corrected chi connectivity index (χ0v) is 17.0. The maximum absolute atomic E-state index is 10.3. The average molecular weight is 395 g/mol. The molecule has 0 aliphatic carbocycles. The summed E-state index contributed by atoms with van der Waals surface area (Å²) in [5.41, 5.74) is 1.17. The molecule has 1 aromatic carbocycles. The predicted molar refractivity (Wildman–Crippen MR) is 107 cm³/mol. The van der Waals surface area contributed by atoms with Crippen LogP contribution in [-0.4, -0.2) is 63.2 Å². The van der Waals surface area contributed by atoms with E-state index in [0.717, 1.165) is 12.8 Å². The van der Waals surface area contributed by atoms with E-state index < -0.39 is 6.10 Å². The smallest absolute Gasteiger partial charge is 0.147 e. The Morgan fingerprint density at radius 1 is 1.11 bits per heavy atom. The van der Waals surface area contributed by atoms with Crippen molar-refractivity contribution in [1.29, 1.82) is 0 Å². The van der Waals surface area contributed by atoms with Crippen molar-refractivity contribution in [2.24, 2.45) is 0 Å². The molecule has 1 aliphatic heterocycles. The van der Waals surface area contributed by atoms with Crippen LogP contribution in [0.1, 0.15) is 31.7 Å². The van der Waals surface area contributed by atoms with Crippen molar-refractivity contribution in [2.75, 3.05) is 33.7 Å². The molecule has 158 valence electrons. The highest BCUT2D eigenvalue weighted by molar-refractivity contribution is 5.13. The van der Waals surface area contributed by atoms with Crippen LogP contribution < -0.4 is 0 Å². The van der Waals surface area contributed by atoms with Gasteiger partial charge in [-0.3, -0.25) is 0 Å². The summed E-state index contributed by atoms with van der Waals surface area (Å²) in [7, 11) is 1.63. The Morgan fingerprint density at radius 2 is 1.93 bits per heavy atom. The maximum atomic E-state index is 10.3. The Balaban J connectivity index is 1.51. The molecule has 0 amide bonds. The Kier molecular flexibility index (Phi) is 11.4. The molecule has 4 atom stereocenters. The van der Waals surface area contributed by atoms with Crippen molar-refractivity contribution in [3.63, 3.8) is 0 Å². The van der Waals surface area contributed by atoms with E-state index >= 15 is 0 Å². The number of aliphatic hydroxyl groups excluding tert-OH is 1. The van der Waals surface area contributed by atoms with Gasteiger partial charge in [0.2, 0.25) is 0 Å². The Hall–Kier alpha value is -1.28. The summed E-state index contributed by atoms with van der Waals surface area (Å²) in [4.78, 5) is 0. The number of hydrogen-bond donors (Lipinski definition) is 1. The van der Waals surface area contributed by atoms with Gasteiger partial charge in [0.25, 0.3) is 0 Å². The quantitative estimate of drug-likeness (QED) is 0.201. The van der Waals surface area contributed by atoms with E-state index in [0.29, 0.717) is 32.8 Å². The minimum atomic E-state index is -0.544. The van der Waals surface area contributed by atoms with Crippen molar-refractivity contribution in [3.8, 4) is 0 Å². The van der Waals surface area contributed by atoms with Gasteiger partial charge in [0, 0.05) is 7.11 Å². The largest absolute Gasteiger partial charge is 0.390 e. The van der Waals surface area contributed by atoms with Crippen LogP contribution in [0.15, 0.2) is 42.5 Å². The molecule has 1 aromatic rings. The molecular formula is C22H34O6. The molecule has 0 bridgehead atoms. The van der Waals surface area contributed by atoms with Gasteiger partial charge in [-0.15, -0.1) is 0 Å². The number of ether oxygens (including phenoxy) is 5. The molecule has 2 rings (SSSR count). The van der Waals surface area contributed by atoms with E-state index in [1.54, 1.807) is 7.11 Å². The fourth-order valence-corrected chi connectivity index (χ4v) is 2.86. The topological polar surface area (TPSA) is 69.7 Å². The number of methoxy groups -OCH3 is 1. The minimum Gasteiger partial charge on any atom is -0.390 e. The van der Waals surface area contributed by atoms with Gasteiger partial charge in [-0.1, -0.05) is 49.4 Å². The molecule has 1 aliphatic rings.